The fourth-order valence-corrected chi connectivity index (χ4v) is 6.14. The van der Waals surface area contributed by atoms with Crippen LogP contribution >= 0.6 is 11.3 Å². The number of ether oxygens (including phenoxy) is 3. The molecule has 1 heterocycles. The Morgan fingerprint density at radius 3 is 2.23 bits per heavy atom. The van der Waals surface area contributed by atoms with Crippen LogP contribution < -0.4 is 9.47 Å². The normalized spacial score (nSPS) is 11.3. The molecular formula is C28H34N2O7S2. The zero-order chi connectivity index (χ0) is 28.6. The number of rotatable bonds is 14. The van der Waals surface area contributed by atoms with Crippen molar-refractivity contribution in [3.8, 4) is 11.5 Å². The molecular weight excluding hydrogens is 540 g/mol. The van der Waals surface area contributed by atoms with E-state index in [0.29, 0.717) is 39.9 Å². The molecule has 210 valence electrons. The summed E-state index contributed by atoms with van der Waals surface area (Å²) < 4.78 is 39.8. The average Bonchev–Trinajstić information content (AvgIpc) is 3.28. The lowest BCUT2D eigenvalue weighted by Gasteiger charge is -2.23. The molecule has 3 aromatic rings. The minimum Gasteiger partial charge on any atom is -0.496 e. The maximum atomic E-state index is 13.8. The molecule has 1 amide bonds. The number of hydrogen-bond acceptors (Lipinski definition) is 9. The summed E-state index contributed by atoms with van der Waals surface area (Å²) in [4.78, 5) is 33.2. The van der Waals surface area contributed by atoms with Gasteiger partial charge in [0.1, 0.15) is 33.9 Å². The molecule has 0 aliphatic rings. The van der Waals surface area contributed by atoms with Crippen LogP contribution in [0.4, 0.5) is 0 Å². The smallest absolute Gasteiger partial charge is 0.254 e. The Morgan fingerprint density at radius 1 is 1.00 bits per heavy atom. The monoisotopic (exact) mass is 574 g/mol. The Bertz CT molecular complexity index is 1380. The van der Waals surface area contributed by atoms with Crippen molar-refractivity contribution in [3.05, 3.63) is 74.7 Å². The van der Waals surface area contributed by atoms with Crippen LogP contribution in [0.15, 0.2) is 42.5 Å². The van der Waals surface area contributed by atoms with Gasteiger partial charge in [0.2, 0.25) is 0 Å². The standard InChI is InChI=1S/C28H34N2O7S2/c1-19-24(36-4)14-22(15-25(19)37-5)28(32)30(13-9-12-21-10-7-6-8-11-21)16-26-29-27(20(2)38-26)23(31)17-39(33,34)18-35-3/h6-8,10-11,14-15H,9,12-13,16-18H2,1-5H3. The number of aryl methyl sites for hydroxylation is 2. The van der Waals surface area contributed by atoms with Crippen LogP contribution in [0.3, 0.4) is 0 Å². The summed E-state index contributed by atoms with van der Waals surface area (Å²) >= 11 is 1.27. The third kappa shape index (κ3) is 8.11. The zero-order valence-electron chi connectivity index (χ0n) is 22.9. The van der Waals surface area contributed by atoms with E-state index in [2.05, 4.69) is 9.72 Å². The molecule has 0 radical (unpaired) electrons. The van der Waals surface area contributed by atoms with Crippen molar-refractivity contribution in [2.75, 3.05) is 39.6 Å². The molecule has 39 heavy (non-hydrogen) atoms. The second-order valence-corrected chi connectivity index (χ2v) is 12.4. The minimum atomic E-state index is -3.71. The molecule has 0 atom stereocenters. The second-order valence-electron chi connectivity index (χ2n) is 9.05. The van der Waals surface area contributed by atoms with Gasteiger partial charge in [0.15, 0.2) is 15.6 Å². The number of hydrogen-bond donors (Lipinski definition) is 0. The van der Waals surface area contributed by atoms with Gasteiger partial charge in [0.05, 0.1) is 20.8 Å². The number of carbonyl (C=O) groups is 2. The average molecular weight is 575 g/mol. The largest absolute Gasteiger partial charge is 0.496 e. The predicted octanol–water partition coefficient (Wildman–Crippen LogP) is 4.25. The van der Waals surface area contributed by atoms with E-state index in [1.165, 1.54) is 38.2 Å². The Balaban J connectivity index is 1.87. The van der Waals surface area contributed by atoms with E-state index in [4.69, 9.17) is 9.47 Å². The first-order valence-electron chi connectivity index (χ1n) is 12.3. The lowest BCUT2D eigenvalue weighted by molar-refractivity contribution is 0.0740. The summed E-state index contributed by atoms with van der Waals surface area (Å²) in [5.74, 6) is -0.977. The summed E-state index contributed by atoms with van der Waals surface area (Å²) in [7, 11) is 0.629. The zero-order valence-corrected chi connectivity index (χ0v) is 24.5. The molecule has 3 rings (SSSR count). The lowest BCUT2D eigenvalue weighted by atomic mass is 10.1. The maximum absolute atomic E-state index is 13.8. The van der Waals surface area contributed by atoms with Crippen LogP contribution in [0, 0.1) is 13.8 Å². The van der Waals surface area contributed by atoms with Gasteiger partial charge in [0, 0.05) is 29.7 Å². The molecule has 0 N–H and O–H groups in total. The van der Waals surface area contributed by atoms with Crippen LogP contribution in [0.25, 0.3) is 0 Å². The van der Waals surface area contributed by atoms with Gasteiger partial charge in [-0.05, 0) is 44.4 Å². The Morgan fingerprint density at radius 2 is 1.64 bits per heavy atom. The molecule has 0 fully saturated rings. The van der Waals surface area contributed by atoms with Gasteiger partial charge in [-0.1, -0.05) is 30.3 Å². The lowest BCUT2D eigenvalue weighted by Crippen LogP contribution is -2.32. The summed E-state index contributed by atoms with van der Waals surface area (Å²) in [5, 5.41) is 0.541. The van der Waals surface area contributed by atoms with E-state index in [9.17, 15) is 18.0 Å². The first-order chi connectivity index (χ1) is 18.6. The summed E-state index contributed by atoms with van der Waals surface area (Å²) in [5.41, 5.74) is 2.46. The Kier molecular flexibility index (Phi) is 10.6. The van der Waals surface area contributed by atoms with Gasteiger partial charge in [-0.2, -0.15) is 0 Å². The number of aromatic nitrogens is 1. The number of thiazole rings is 1. The van der Waals surface area contributed by atoms with Crippen LogP contribution in [-0.2, 0) is 27.5 Å². The van der Waals surface area contributed by atoms with E-state index < -0.39 is 27.3 Å². The van der Waals surface area contributed by atoms with Crippen LogP contribution in [0.2, 0.25) is 0 Å². The number of methoxy groups -OCH3 is 3. The number of benzene rings is 2. The van der Waals surface area contributed by atoms with Crippen LogP contribution in [-0.4, -0.2) is 69.6 Å². The van der Waals surface area contributed by atoms with Gasteiger partial charge >= 0.3 is 0 Å². The summed E-state index contributed by atoms with van der Waals surface area (Å²) in [6.45, 7) is 4.17. The van der Waals surface area contributed by atoms with Gasteiger partial charge in [-0.15, -0.1) is 11.3 Å². The molecule has 0 bridgehead atoms. The molecule has 9 nitrogen and oxygen atoms in total. The van der Waals surface area contributed by atoms with Gasteiger partial charge in [-0.3, -0.25) is 9.59 Å². The number of sulfone groups is 1. The highest BCUT2D eigenvalue weighted by Gasteiger charge is 2.25. The molecule has 0 unspecified atom stereocenters. The number of ketones is 1. The van der Waals surface area contributed by atoms with Crippen molar-refractivity contribution in [2.24, 2.45) is 0 Å². The number of nitrogens with zero attached hydrogens (tertiary/aromatic N) is 2. The number of carbonyl (C=O) groups excluding carboxylic acids is 2. The predicted molar refractivity (Wildman–Crippen MR) is 151 cm³/mol. The third-order valence-electron chi connectivity index (χ3n) is 6.10. The van der Waals surface area contributed by atoms with Gasteiger partial charge in [-0.25, -0.2) is 13.4 Å². The van der Waals surface area contributed by atoms with E-state index in [1.54, 1.807) is 24.0 Å². The number of amides is 1. The van der Waals surface area contributed by atoms with Crippen LogP contribution in [0.5, 0.6) is 11.5 Å². The Labute approximate surface area is 233 Å². The molecule has 1 aromatic heterocycles. The third-order valence-corrected chi connectivity index (χ3v) is 8.35. The van der Waals surface area contributed by atoms with Crippen molar-refractivity contribution in [1.82, 2.24) is 9.88 Å². The fraction of sp³-hybridized carbons (Fsp3) is 0.393. The summed E-state index contributed by atoms with van der Waals surface area (Å²) in [6.07, 6.45) is 1.49. The topological polar surface area (TPSA) is 112 Å². The highest BCUT2D eigenvalue weighted by Crippen LogP contribution is 2.30. The van der Waals surface area contributed by atoms with Crippen LogP contribution in [0.1, 0.15) is 48.3 Å². The molecule has 2 aromatic carbocycles. The highest BCUT2D eigenvalue weighted by molar-refractivity contribution is 7.91. The molecule has 0 saturated carbocycles. The molecule has 11 heteroatoms. The van der Waals surface area contributed by atoms with E-state index >= 15 is 0 Å². The first-order valence-corrected chi connectivity index (χ1v) is 15.0. The SMILES string of the molecule is COCS(=O)(=O)CC(=O)c1nc(CN(CCCc2ccccc2)C(=O)c2cc(OC)c(C)c(OC)c2)sc1C. The quantitative estimate of drug-likeness (QED) is 0.263. The Hall–Kier alpha value is -3.28. The van der Waals surface area contributed by atoms with Crippen molar-refractivity contribution >= 4 is 32.9 Å². The molecule has 0 spiro atoms. The van der Waals surface area contributed by atoms with E-state index in [0.717, 1.165) is 12.0 Å². The first kappa shape index (κ1) is 30.3. The minimum absolute atomic E-state index is 0.102. The second kappa shape index (κ2) is 13.7. The van der Waals surface area contributed by atoms with Crippen molar-refractivity contribution < 1.29 is 32.2 Å². The van der Waals surface area contributed by atoms with Gasteiger partial charge < -0.3 is 19.1 Å². The molecule has 0 aliphatic heterocycles. The number of Topliss-reactive ketones (excluding diaryl/α,β-unsaturated/α-hetero) is 1. The summed E-state index contributed by atoms with van der Waals surface area (Å²) in [6, 6.07) is 13.4. The molecule has 0 saturated heterocycles. The van der Waals surface area contributed by atoms with Crippen molar-refractivity contribution in [1.29, 1.82) is 0 Å². The van der Waals surface area contributed by atoms with E-state index in [1.807, 2.05) is 37.3 Å². The van der Waals surface area contributed by atoms with E-state index in [-0.39, 0.29) is 18.1 Å². The highest BCUT2D eigenvalue weighted by atomic mass is 32.2. The maximum Gasteiger partial charge on any atom is 0.254 e. The molecule has 0 aliphatic carbocycles. The van der Waals surface area contributed by atoms with Gasteiger partial charge in [0.25, 0.3) is 5.91 Å². The fourth-order valence-electron chi connectivity index (χ4n) is 4.19. The van der Waals surface area contributed by atoms with Crippen molar-refractivity contribution in [2.45, 2.75) is 33.2 Å². The van der Waals surface area contributed by atoms with Crippen molar-refractivity contribution in [3.63, 3.8) is 0 Å².